The highest BCUT2D eigenvalue weighted by Crippen LogP contribution is 2.22. The fraction of sp³-hybridized carbons (Fsp3) is 0.133. The van der Waals surface area contributed by atoms with Crippen LogP contribution >= 0.6 is 23.2 Å². The van der Waals surface area contributed by atoms with Crippen LogP contribution in [0, 0.1) is 11.6 Å². The number of benzene rings is 2. The molecule has 0 unspecified atom stereocenters. The summed E-state index contributed by atoms with van der Waals surface area (Å²) in [5, 5.41) is 6.09. The predicted octanol–water partition coefficient (Wildman–Crippen LogP) is 4.71. The molecule has 0 atom stereocenters. The van der Waals surface area contributed by atoms with Gasteiger partial charge in [-0.05, 0) is 30.3 Å². The molecule has 0 saturated carbocycles. The second-order valence-corrected chi connectivity index (χ2v) is 5.35. The second kappa shape index (κ2) is 7.42. The van der Waals surface area contributed by atoms with Crippen LogP contribution in [0.4, 0.5) is 20.2 Å². The van der Waals surface area contributed by atoms with Crippen molar-refractivity contribution in [3.05, 3.63) is 58.1 Å². The van der Waals surface area contributed by atoms with Crippen LogP contribution in [0.5, 0.6) is 0 Å². The van der Waals surface area contributed by atoms with Gasteiger partial charge in [-0.1, -0.05) is 29.3 Å². The summed E-state index contributed by atoms with van der Waals surface area (Å²) in [5.41, 5.74) is 0.209. The van der Waals surface area contributed by atoms with E-state index in [1.54, 1.807) is 18.2 Å². The number of amides is 1. The van der Waals surface area contributed by atoms with E-state index in [0.29, 0.717) is 15.7 Å². The minimum atomic E-state index is -0.817. The van der Waals surface area contributed by atoms with Crippen molar-refractivity contribution in [1.29, 1.82) is 0 Å². The first-order chi connectivity index (χ1) is 10.5. The smallest absolute Gasteiger partial charge is 0.226 e. The third kappa shape index (κ3) is 4.58. The molecule has 0 radical (unpaired) electrons. The first-order valence-electron chi connectivity index (χ1n) is 6.39. The standard InChI is InChI=1S/C15H12Cl2F2N2O/c16-9-6-10(17)8-11(7-9)20-5-4-14(22)21-15-12(18)2-1-3-13(15)19/h1-3,6-8,20H,4-5H2,(H,21,22). The third-order valence-corrected chi connectivity index (χ3v) is 3.21. The first-order valence-corrected chi connectivity index (χ1v) is 7.15. The molecule has 1 amide bonds. The Morgan fingerprint density at radius 2 is 1.64 bits per heavy atom. The molecule has 0 aliphatic heterocycles. The van der Waals surface area contributed by atoms with Crippen LogP contribution in [0.15, 0.2) is 36.4 Å². The van der Waals surface area contributed by atoms with Gasteiger partial charge in [-0.2, -0.15) is 0 Å². The largest absolute Gasteiger partial charge is 0.384 e. The van der Waals surface area contributed by atoms with Gasteiger partial charge in [0.25, 0.3) is 0 Å². The Morgan fingerprint density at radius 1 is 1.05 bits per heavy atom. The Hall–Kier alpha value is -1.85. The number of para-hydroxylation sites is 1. The first kappa shape index (κ1) is 16.5. The zero-order valence-corrected chi connectivity index (χ0v) is 12.8. The summed E-state index contributed by atoms with van der Waals surface area (Å²) >= 11 is 11.7. The molecule has 0 aliphatic rings. The Morgan fingerprint density at radius 3 is 2.23 bits per heavy atom. The van der Waals surface area contributed by atoms with E-state index < -0.39 is 23.2 Å². The molecule has 2 aromatic rings. The lowest BCUT2D eigenvalue weighted by molar-refractivity contribution is -0.116. The Kier molecular flexibility index (Phi) is 5.57. The molecule has 0 saturated heterocycles. The SMILES string of the molecule is O=C(CCNc1cc(Cl)cc(Cl)c1)Nc1c(F)cccc1F. The maximum Gasteiger partial charge on any atom is 0.226 e. The predicted molar refractivity (Wildman–Crippen MR) is 84.6 cm³/mol. The molecule has 0 fully saturated rings. The van der Waals surface area contributed by atoms with Crippen molar-refractivity contribution >= 4 is 40.5 Å². The number of anilines is 2. The van der Waals surface area contributed by atoms with Crippen LogP contribution in [0.3, 0.4) is 0 Å². The summed E-state index contributed by atoms with van der Waals surface area (Å²) in [5.74, 6) is -2.14. The molecule has 0 aromatic heterocycles. The van der Waals surface area contributed by atoms with Crippen LogP contribution in [-0.2, 0) is 4.79 Å². The highest BCUT2D eigenvalue weighted by atomic mass is 35.5. The highest BCUT2D eigenvalue weighted by Gasteiger charge is 2.11. The van der Waals surface area contributed by atoms with Gasteiger partial charge in [0.15, 0.2) is 0 Å². The topological polar surface area (TPSA) is 41.1 Å². The van der Waals surface area contributed by atoms with Gasteiger partial charge in [0.05, 0.1) is 0 Å². The normalized spacial score (nSPS) is 10.4. The van der Waals surface area contributed by atoms with Crippen molar-refractivity contribution in [2.75, 3.05) is 17.2 Å². The van der Waals surface area contributed by atoms with Gasteiger partial charge in [-0.3, -0.25) is 4.79 Å². The van der Waals surface area contributed by atoms with Gasteiger partial charge in [0.2, 0.25) is 5.91 Å². The van der Waals surface area contributed by atoms with Crippen molar-refractivity contribution in [1.82, 2.24) is 0 Å². The molecule has 7 heteroatoms. The van der Waals surface area contributed by atoms with E-state index in [0.717, 1.165) is 12.1 Å². The number of carbonyl (C=O) groups is 1. The van der Waals surface area contributed by atoms with Crippen molar-refractivity contribution in [3.63, 3.8) is 0 Å². The molecule has 0 aliphatic carbocycles. The van der Waals surface area contributed by atoms with Crippen molar-refractivity contribution in [2.24, 2.45) is 0 Å². The maximum absolute atomic E-state index is 13.4. The van der Waals surface area contributed by atoms with Crippen molar-refractivity contribution in [3.8, 4) is 0 Å². The Balaban J connectivity index is 1.88. The lowest BCUT2D eigenvalue weighted by Crippen LogP contribution is -2.17. The van der Waals surface area contributed by atoms with Crippen LogP contribution in [0.25, 0.3) is 0 Å². The minimum Gasteiger partial charge on any atom is -0.384 e. The number of nitrogens with one attached hydrogen (secondary N) is 2. The van der Waals surface area contributed by atoms with Crippen molar-refractivity contribution < 1.29 is 13.6 Å². The third-order valence-electron chi connectivity index (χ3n) is 2.77. The van der Waals surface area contributed by atoms with Crippen LogP contribution in [0.2, 0.25) is 10.0 Å². The van der Waals surface area contributed by atoms with E-state index in [-0.39, 0.29) is 13.0 Å². The van der Waals surface area contributed by atoms with E-state index in [9.17, 15) is 13.6 Å². The fourth-order valence-electron chi connectivity index (χ4n) is 1.80. The summed E-state index contributed by atoms with van der Waals surface area (Å²) in [4.78, 5) is 11.7. The van der Waals surface area contributed by atoms with E-state index in [1.165, 1.54) is 6.07 Å². The van der Waals surface area contributed by atoms with Gasteiger partial charge >= 0.3 is 0 Å². The zero-order chi connectivity index (χ0) is 16.1. The van der Waals surface area contributed by atoms with Crippen molar-refractivity contribution in [2.45, 2.75) is 6.42 Å². The molecule has 2 aromatic carbocycles. The molecule has 0 bridgehead atoms. The lowest BCUT2D eigenvalue weighted by Gasteiger charge is -2.09. The molecular weight excluding hydrogens is 333 g/mol. The molecule has 0 heterocycles. The van der Waals surface area contributed by atoms with Crippen LogP contribution < -0.4 is 10.6 Å². The average molecular weight is 345 g/mol. The number of hydrogen-bond donors (Lipinski definition) is 2. The molecule has 116 valence electrons. The lowest BCUT2D eigenvalue weighted by atomic mass is 10.2. The minimum absolute atomic E-state index is 0.0257. The summed E-state index contributed by atoms with van der Waals surface area (Å²) in [6.45, 7) is 0.262. The zero-order valence-electron chi connectivity index (χ0n) is 11.3. The Bertz CT molecular complexity index is 655. The van der Waals surface area contributed by atoms with Gasteiger partial charge in [0.1, 0.15) is 17.3 Å². The molecule has 0 spiro atoms. The second-order valence-electron chi connectivity index (χ2n) is 4.48. The van der Waals surface area contributed by atoms with Gasteiger partial charge in [-0.25, -0.2) is 8.78 Å². The quantitative estimate of drug-likeness (QED) is 0.824. The number of halogens is 4. The summed E-state index contributed by atoms with van der Waals surface area (Å²) in [6, 6.07) is 8.27. The van der Waals surface area contributed by atoms with Gasteiger partial charge in [0, 0.05) is 28.7 Å². The molecule has 22 heavy (non-hydrogen) atoms. The summed E-state index contributed by atoms with van der Waals surface area (Å²) in [6.07, 6.45) is 0.0257. The van der Waals surface area contributed by atoms with E-state index >= 15 is 0 Å². The summed E-state index contributed by atoms with van der Waals surface area (Å²) < 4.78 is 26.8. The molecule has 2 rings (SSSR count). The average Bonchev–Trinajstić information content (AvgIpc) is 2.42. The Labute approximate surface area is 136 Å². The van der Waals surface area contributed by atoms with Crippen LogP contribution in [-0.4, -0.2) is 12.5 Å². The summed E-state index contributed by atoms with van der Waals surface area (Å²) in [7, 11) is 0. The van der Waals surface area contributed by atoms with E-state index in [1.807, 2.05) is 0 Å². The molecule has 3 nitrogen and oxygen atoms in total. The van der Waals surface area contributed by atoms with Gasteiger partial charge < -0.3 is 10.6 Å². The van der Waals surface area contributed by atoms with E-state index in [2.05, 4.69) is 10.6 Å². The van der Waals surface area contributed by atoms with Crippen LogP contribution in [0.1, 0.15) is 6.42 Å². The molecular formula is C15H12Cl2F2N2O. The number of carbonyl (C=O) groups excluding carboxylic acids is 1. The molecule has 2 N–H and O–H groups in total. The van der Waals surface area contributed by atoms with Gasteiger partial charge in [-0.15, -0.1) is 0 Å². The number of rotatable bonds is 5. The fourth-order valence-corrected chi connectivity index (χ4v) is 2.32. The monoisotopic (exact) mass is 344 g/mol. The maximum atomic E-state index is 13.4. The number of hydrogen-bond acceptors (Lipinski definition) is 2. The highest BCUT2D eigenvalue weighted by molar-refractivity contribution is 6.35. The van der Waals surface area contributed by atoms with E-state index in [4.69, 9.17) is 23.2 Å².